The summed E-state index contributed by atoms with van der Waals surface area (Å²) in [6.45, 7) is 6.53. The van der Waals surface area contributed by atoms with E-state index in [4.69, 9.17) is 4.52 Å². The molecule has 22 heavy (non-hydrogen) atoms. The second-order valence-corrected chi connectivity index (χ2v) is 5.96. The number of nitrogens with zero attached hydrogens (tertiary/aromatic N) is 4. The molecule has 0 spiro atoms. The third kappa shape index (κ3) is 2.73. The third-order valence-corrected chi connectivity index (χ3v) is 3.96. The zero-order valence-electron chi connectivity index (χ0n) is 13.1. The lowest BCUT2D eigenvalue weighted by atomic mass is 10.2. The molecule has 0 unspecified atom stereocenters. The number of ketones is 1. The second kappa shape index (κ2) is 5.87. The van der Waals surface area contributed by atoms with Gasteiger partial charge in [-0.2, -0.15) is 4.98 Å². The molecule has 1 aliphatic rings. The summed E-state index contributed by atoms with van der Waals surface area (Å²) in [5.41, 5.74) is 0.624. The molecular weight excluding hydrogens is 280 g/mol. The number of hydrogen-bond donors (Lipinski definition) is 0. The number of carbonyl (C=O) groups is 1. The van der Waals surface area contributed by atoms with Gasteiger partial charge in [-0.25, -0.2) is 4.98 Å². The first-order chi connectivity index (χ1) is 10.6. The van der Waals surface area contributed by atoms with Crippen LogP contribution in [-0.4, -0.2) is 27.5 Å². The van der Waals surface area contributed by atoms with E-state index in [0.717, 1.165) is 31.0 Å². The van der Waals surface area contributed by atoms with Gasteiger partial charge in [-0.05, 0) is 31.9 Å². The lowest BCUT2D eigenvalue weighted by Crippen LogP contribution is -2.23. The monoisotopic (exact) mass is 300 g/mol. The number of Topliss-reactive ketones (excluding diaryl/α,β-unsaturated/α-hetero) is 1. The molecule has 0 saturated carbocycles. The lowest BCUT2D eigenvalue weighted by Gasteiger charge is -2.22. The van der Waals surface area contributed by atoms with E-state index >= 15 is 0 Å². The van der Waals surface area contributed by atoms with Crippen LogP contribution >= 0.6 is 0 Å². The number of aromatic nitrogens is 3. The van der Waals surface area contributed by atoms with Crippen LogP contribution in [0.25, 0.3) is 0 Å². The minimum Gasteiger partial charge on any atom is -0.345 e. The maximum absolute atomic E-state index is 11.3. The molecule has 1 aliphatic heterocycles. The van der Waals surface area contributed by atoms with Crippen LogP contribution in [0.5, 0.6) is 0 Å². The Morgan fingerprint density at radius 3 is 2.82 bits per heavy atom. The Bertz CT molecular complexity index is 663. The fourth-order valence-corrected chi connectivity index (χ4v) is 2.68. The molecule has 116 valence electrons. The molecule has 6 heteroatoms. The molecule has 1 saturated heterocycles. The molecule has 2 aromatic rings. The normalized spacial score (nSPS) is 18.2. The van der Waals surface area contributed by atoms with Crippen LogP contribution in [0.3, 0.4) is 0 Å². The first kappa shape index (κ1) is 14.7. The van der Waals surface area contributed by atoms with Crippen LogP contribution < -0.4 is 4.90 Å². The van der Waals surface area contributed by atoms with Crippen LogP contribution in [0.1, 0.15) is 67.6 Å². The van der Waals surface area contributed by atoms with Crippen LogP contribution in [0.15, 0.2) is 22.9 Å². The van der Waals surface area contributed by atoms with Crippen molar-refractivity contribution in [2.24, 2.45) is 0 Å². The van der Waals surface area contributed by atoms with Crippen molar-refractivity contribution in [3.05, 3.63) is 35.6 Å². The Balaban J connectivity index is 1.84. The van der Waals surface area contributed by atoms with Crippen molar-refractivity contribution in [2.45, 2.75) is 45.6 Å². The minimum absolute atomic E-state index is 0.0236. The Hall–Kier alpha value is -2.24. The lowest BCUT2D eigenvalue weighted by molar-refractivity contribution is 0.101. The summed E-state index contributed by atoms with van der Waals surface area (Å²) in [6.07, 6.45) is 3.65. The van der Waals surface area contributed by atoms with Gasteiger partial charge in [-0.1, -0.05) is 19.0 Å². The Morgan fingerprint density at radius 2 is 2.23 bits per heavy atom. The van der Waals surface area contributed by atoms with Crippen molar-refractivity contribution < 1.29 is 9.32 Å². The number of carbonyl (C=O) groups excluding carboxylic acids is 1. The topological polar surface area (TPSA) is 72.1 Å². The first-order valence-corrected chi connectivity index (χ1v) is 7.63. The van der Waals surface area contributed by atoms with Crippen LogP contribution in [0.2, 0.25) is 0 Å². The zero-order chi connectivity index (χ0) is 15.7. The van der Waals surface area contributed by atoms with Crippen LogP contribution in [0, 0.1) is 0 Å². The summed E-state index contributed by atoms with van der Waals surface area (Å²) < 4.78 is 5.44. The van der Waals surface area contributed by atoms with E-state index < -0.39 is 0 Å². The van der Waals surface area contributed by atoms with Gasteiger partial charge in [-0.15, -0.1) is 0 Å². The average Bonchev–Trinajstić information content (AvgIpc) is 3.16. The average molecular weight is 300 g/mol. The smallest absolute Gasteiger partial charge is 0.249 e. The van der Waals surface area contributed by atoms with E-state index in [1.165, 1.54) is 0 Å². The van der Waals surface area contributed by atoms with Gasteiger partial charge in [0, 0.05) is 24.2 Å². The Morgan fingerprint density at radius 1 is 1.41 bits per heavy atom. The van der Waals surface area contributed by atoms with E-state index in [0.29, 0.717) is 11.5 Å². The minimum atomic E-state index is 0.0236. The third-order valence-electron chi connectivity index (χ3n) is 3.96. The SMILES string of the molecule is CC(=O)c1ccc(N2CCC[C@H]2c2nc(C(C)C)no2)nc1. The van der Waals surface area contributed by atoms with Crippen molar-refractivity contribution >= 4 is 11.6 Å². The van der Waals surface area contributed by atoms with E-state index in [9.17, 15) is 4.79 Å². The number of anilines is 1. The molecule has 6 nitrogen and oxygen atoms in total. The highest BCUT2D eigenvalue weighted by molar-refractivity contribution is 5.93. The van der Waals surface area contributed by atoms with Gasteiger partial charge in [0.25, 0.3) is 0 Å². The number of pyridine rings is 1. The first-order valence-electron chi connectivity index (χ1n) is 7.63. The maximum Gasteiger partial charge on any atom is 0.249 e. The molecule has 0 amide bonds. The van der Waals surface area contributed by atoms with Crippen LogP contribution in [0.4, 0.5) is 5.82 Å². The summed E-state index contributed by atoms with van der Waals surface area (Å²) in [4.78, 5) is 22.4. The van der Waals surface area contributed by atoms with Gasteiger partial charge in [0.2, 0.25) is 5.89 Å². The molecule has 0 aromatic carbocycles. The fraction of sp³-hybridized carbons (Fsp3) is 0.500. The largest absolute Gasteiger partial charge is 0.345 e. The van der Waals surface area contributed by atoms with Gasteiger partial charge in [-0.3, -0.25) is 4.79 Å². The predicted octanol–water partition coefficient (Wildman–Crippen LogP) is 3.13. The molecule has 0 radical (unpaired) electrons. The quantitative estimate of drug-likeness (QED) is 0.808. The molecule has 3 rings (SSSR count). The highest BCUT2D eigenvalue weighted by atomic mass is 16.5. The highest BCUT2D eigenvalue weighted by Crippen LogP contribution is 2.34. The van der Waals surface area contributed by atoms with Gasteiger partial charge in [0.05, 0.1) is 0 Å². The summed E-state index contributed by atoms with van der Waals surface area (Å²) in [5, 5.41) is 4.05. The Kier molecular flexibility index (Phi) is 3.92. The number of hydrogen-bond acceptors (Lipinski definition) is 6. The highest BCUT2D eigenvalue weighted by Gasteiger charge is 2.31. The van der Waals surface area contributed by atoms with E-state index in [2.05, 4.69) is 20.0 Å². The van der Waals surface area contributed by atoms with Gasteiger partial charge in [0.15, 0.2) is 11.6 Å². The standard InChI is InChI=1S/C16H20N4O2/c1-10(2)15-18-16(22-19-15)13-5-4-8-20(13)14-7-6-12(9-17-14)11(3)21/h6-7,9-10,13H,4-5,8H2,1-3H3/t13-/m0/s1. The molecule has 3 heterocycles. The summed E-state index contributed by atoms with van der Waals surface area (Å²) in [6, 6.07) is 3.76. The molecular formula is C16H20N4O2. The molecule has 1 fully saturated rings. The maximum atomic E-state index is 11.3. The van der Waals surface area contributed by atoms with Gasteiger partial charge in [0.1, 0.15) is 11.9 Å². The summed E-state index contributed by atoms with van der Waals surface area (Å²) in [7, 11) is 0. The van der Waals surface area contributed by atoms with Crippen molar-refractivity contribution in [1.82, 2.24) is 15.1 Å². The fourth-order valence-electron chi connectivity index (χ4n) is 2.68. The van der Waals surface area contributed by atoms with Crippen molar-refractivity contribution in [3.63, 3.8) is 0 Å². The summed E-state index contributed by atoms with van der Waals surface area (Å²) >= 11 is 0. The van der Waals surface area contributed by atoms with Gasteiger partial charge < -0.3 is 9.42 Å². The van der Waals surface area contributed by atoms with Crippen molar-refractivity contribution in [2.75, 3.05) is 11.4 Å². The van der Waals surface area contributed by atoms with Crippen LogP contribution in [-0.2, 0) is 0 Å². The predicted molar refractivity (Wildman–Crippen MR) is 81.9 cm³/mol. The van der Waals surface area contributed by atoms with Crippen molar-refractivity contribution in [1.29, 1.82) is 0 Å². The van der Waals surface area contributed by atoms with Gasteiger partial charge >= 0.3 is 0 Å². The second-order valence-electron chi connectivity index (χ2n) is 5.96. The van der Waals surface area contributed by atoms with E-state index in [-0.39, 0.29) is 17.7 Å². The summed E-state index contributed by atoms with van der Waals surface area (Å²) in [5.74, 6) is 2.51. The molecule has 0 bridgehead atoms. The molecule has 0 aliphatic carbocycles. The van der Waals surface area contributed by atoms with E-state index in [1.54, 1.807) is 13.1 Å². The number of rotatable bonds is 4. The Labute approximate surface area is 129 Å². The molecule has 0 N–H and O–H groups in total. The molecule has 1 atom stereocenters. The molecule has 2 aromatic heterocycles. The zero-order valence-corrected chi connectivity index (χ0v) is 13.1. The van der Waals surface area contributed by atoms with E-state index in [1.807, 2.05) is 26.0 Å². The van der Waals surface area contributed by atoms with Crippen molar-refractivity contribution in [3.8, 4) is 0 Å².